The zero-order valence-corrected chi connectivity index (χ0v) is 11.9. The molecule has 1 aliphatic heterocycles. The quantitative estimate of drug-likeness (QED) is 0.923. The molecule has 0 saturated carbocycles. The molecule has 0 amide bonds. The van der Waals surface area contributed by atoms with Crippen LogP contribution in [0.25, 0.3) is 0 Å². The second-order valence-electron chi connectivity index (χ2n) is 4.71. The van der Waals surface area contributed by atoms with E-state index in [4.69, 9.17) is 4.74 Å². The molecule has 0 radical (unpaired) electrons. The summed E-state index contributed by atoms with van der Waals surface area (Å²) < 4.78 is 6.49. The van der Waals surface area contributed by atoms with Gasteiger partial charge in [0.15, 0.2) is 0 Å². The second kappa shape index (κ2) is 6.41. The molecule has 1 saturated heterocycles. The van der Waals surface area contributed by atoms with Crippen LogP contribution in [0.15, 0.2) is 22.7 Å². The number of benzene rings is 1. The molecule has 2 rings (SSSR count). The van der Waals surface area contributed by atoms with Crippen LogP contribution in [0, 0.1) is 5.92 Å². The molecule has 0 aliphatic carbocycles. The highest BCUT2D eigenvalue weighted by atomic mass is 79.9. The lowest BCUT2D eigenvalue weighted by atomic mass is 9.93. The average molecular weight is 298 g/mol. The first-order valence-electron chi connectivity index (χ1n) is 6.32. The summed E-state index contributed by atoms with van der Waals surface area (Å²) in [5.74, 6) is 1.75. The van der Waals surface area contributed by atoms with Crippen molar-refractivity contribution >= 4 is 15.9 Å². The maximum Gasteiger partial charge on any atom is 0.119 e. The number of nitrogens with one attached hydrogen (secondary N) is 1. The van der Waals surface area contributed by atoms with Crippen LogP contribution in [0.3, 0.4) is 0 Å². The minimum atomic E-state index is 0.799. The van der Waals surface area contributed by atoms with Gasteiger partial charge in [-0.05, 0) is 68.5 Å². The van der Waals surface area contributed by atoms with Crippen molar-refractivity contribution in [1.82, 2.24) is 5.32 Å². The van der Waals surface area contributed by atoms with Crippen LogP contribution >= 0.6 is 15.9 Å². The Kier molecular flexibility index (Phi) is 4.86. The first kappa shape index (κ1) is 12.9. The van der Waals surface area contributed by atoms with E-state index in [2.05, 4.69) is 33.4 Å². The predicted octanol–water partition coefficient (Wildman–Crippen LogP) is 3.39. The van der Waals surface area contributed by atoms with Crippen LogP contribution in [0.2, 0.25) is 0 Å². The molecule has 1 heterocycles. The summed E-state index contributed by atoms with van der Waals surface area (Å²) in [7, 11) is 1.72. The molecule has 1 aromatic rings. The SMILES string of the molecule is COc1ccc(Br)c(CC2CCCNCC2)c1. The number of halogens is 1. The molecular formula is C14H20BrNO. The van der Waals surface area contributed by atoms with Crippen LogP contribution in [0.1, 0.15) is 24.8 Å². The van der Waals surface area contributed by atoms with E-state index in [9.17, 15) is 0 Å². The lowest BCUT2D eigenvalue weighted by molar-refractivity contribution is 0.412. The van der Waals surface area contributed by atoms with Gasteiger partial charge in [-0.15, -0.1) is 0 Å². The molecule has 1 aliphatic rings. The Morgan fingerprint density at radius 3 is 3.06 bits per heavy atom. The normalized spacial score (nSPS) is 20.9. The van der Waals surface area contributed by atoms with Gasteiger partial charge in [-0.3, -0.25) is 0 Å². The van der Waals surface area contributed by atoms with Gasteiger partial charge in [-0.25, -0.2) is 0 Å². The number of hydrogen-bond donors (Lipinski definition) is 1. The first-order valence-corrected chi connectivity index (χ1v) is 7.12. The van der Waals surface area contributed by atoms with Gasteiger partial charge in [-0.1, -0.05) is 15.9 Å². The van der Waals surface area contributed by atoms with Gasteiger partial charge in [0.25, 0.3) is 0 Å². The fourth-order valence-corrected chi connectivity index (χ4v) is 2.85. The molecular weight excluding hydrogens is 278 g/mol. The molecule has 94 valence electrons. The predicted molar refractivity (Wildman–Crippen MR) is 74.6 cm³/mol. The van der Waals surface area contributed by atoms with E-state index >= 15 is 0 Å². The van der Waals surface area contributed by atoms with Crippen molar-refractivity contribution in [2.75, 3.05) is 20.2 Å². The van der Waals surface area contributed by atoms with Gasteiger partial charge in [0.2, 0.25) is 0 Å². The van der Waals surface area contributed by atoms with Crippen LogP contribution in [0.5, 0.6) is 5.75 Å². The summed E-state index contributed by atoms with van der Waals surface area (Å²) in [4.78, 5) is 0. The van der Waals surface area contributed by atoms with E-state index in [1.807, 2.05) is 6.07 Å². The summed E-state index contributed by atoms with van der Waals surface area (Å²) in [5.41, 5.74) is 1.37. The molecule has 1 atom stereocenters. The topological polar surface area (TPSA) is 21.3 Å². The van der Waals surface area contributed by atoms with Crippen LogP contribution < -0.4 is 10.1 Å². The molecule has 1 unspecified atom stereocenters. The third-order valence-corrected chi connectivity index (χ3v) is 4.23. The lowest BCUT2D eigenvalue weighted by Crippen LogP contribution is -2.14. The van der Waals surface area contributed by atoms with Gasteiger partial charge < -0.3 is 10.1 Å². The van der Waals surface area contributed by atoms with Gasteiger partial charge >= 0.3 is 0 Å². The van der Waals surface area contributed by atoms with Crippen LogP contribution in [0.4, 0.5) is 0 Å². The third kappa shape index (κ3) is 3.71. The van der Waals surface area contributed by atoms with Crippen molar-refractivity contribution in [1.29, 1.82) is 0 Å². The van der Waals surface area contributed by atoms with Gasteiger partial charge in [0.05, 0.1) is 7.11 Å². The fraction of sp³-hybridized carbons (Fsp3) is 0.571. The standard InChI is InChI=1S/C14H20BrNO/c1-17-13-4-5-14(15)12(10-13)9-11-3-2-7-16-8-6-11/h4-5,10-11,16H,2-3,6-9H2,1H3. The van der Waals surface area contributed by atoms with Crippen molar-refractivity contribution in [2.45, 2.75) is 25.7 Å². The zero-order chi connectivity index (χ0) is 12.1. The van der Waals surface area contributed by atoms with Gasteiger partial charge in [-0.2, -0.15) is 0 Å². The Hall–Kier alpha value is -0.540. The molecule has 1 fully saturated rings. The number of rotatable bonds is 3. The molecule has 17 heavy (non-hydrogen) atoms. The average Bonchev–Trinajstić information content (AvgIpc) is 2.60. The van der Waals surface area contributed by atoms with Gasteiger partial charge in [0, 0.05) is 4.47 Å². The Balaban J connectivity index is 2.05. The summed E-state index contributed by atoms with van der Waals surface area (Å²) in [6.07, 6.45) is 5.06. The van der Waals surface area contributed by atoms with E-state index < -0.39 is 0 Å². The molecule has 2 nitrogen and oxygen atoms in total. The fourth-order valence-electron chi connectivity index (χ4n) is 2.44. The van der Waals surface area contributed by atoms with Crippen molar-refractivity contribution < 1.29 is 4.74 Å². The second-order valence-corrected chi connectivity index (χ2v) is 5.56. The minimum Gasteiger partial charge on any atom is -0.497 e. The molecule has 0 bridgehead atoms. The molecule has 1 N–H and O–H groups in total. The largest absolute Gasteiger partial charge is 0.497 e. The number of ether oxygens (including phenoxy) is 1. The Morgan fingerprint density at radius 2 is 2.24 bits per heavy atom. The van der Waals surface area contributed by atoms with E-state index in [0.29, 0.717) is 0 Å². The summed E-state index contributed by atoms with van der Waals surface area (Å²) in [6, 6.07) is 6.24. The smallest absolute Gasteiger partial charge is 0.119 e. The number of hydrogen-bond acceptors (Lipinski definition) is 2. The highest BCUT2D eigenvalue weighted by Gasteiger charge is 2.14. The number of methoxy groups -OCH3 is 1. The highest BCUT2D eigenvalue weighted by molar-refractivity contribution is 9.10. The maximum absolute atomic E-state index is 5.29. The van der Waals surface area contributed by atoms with Crippen molar-refractivity contribution in [2.24, 2.45) is 5.92 Å². The molecule has 0 spiro atoms. The summed E-state index contributed by atoms with van der Waals surface area (Å²) in [5, 5.41) is 3.46. The van der Waals surface area contributed by atoms with Gasteiger partial charge in [0.1, 0.15) is 5.75 Å². The van der Waals surface area contributed by atoms with Crippen molar-refractivity contribution in [3.05, 3.63) is 28.2 Å². The molecule has 3 heteroatoms. The van der Waals surface area contributed by atoms with Crippen LogP contribution in [-0.4, -0.2) is 20.2 Å². The van der Waals surface area contributed by atoms with E-state index in [1.54, 1.807) is 7.11 Å². The monoisotopic (exact) mass is 297 g/mol. The Labute approximate surface area is 112 Å². The first-order chi connectivity index (χ1) is 8.29. The van der Waals surface area contributed by atoms with E-state index in [-0.39, 0.29) is 0 Å². The molecule has 0 aromatic heterocycles. The Bertz CT molecular complexity index is 359. The van der Waals surface area contributed by atoms with E-state index in [1.165, 1.54) is 35.8 Å². The van der Waals surface area contributed by atoms with Crippen molar-refractivity contribution in [3.63, 3.8) is 0 Å². The minimum absolute atomic E-state index is 0.799. The Morgan fingerprint density at radius 1 is 1.35 bits per heavy atom. The summed E-state index contributed by atoms with van der Waals surface area (Å²) >= 11 is 3.63. The highest BCUT2D eigenvalue weighted by Crippen LogP contribution is 2.27. The van der Waals surface area contributed by atoms with E-state index in [0.717, 1.165) is 24.6 Å². The zero-order valence-electron chi connectivity index (χ0n) is 10.3. The van der Waals surface area contributed by atoms with Crippen molar-refractivity contribution in [3.8, 4) is 5.75 Å². The van der Waals surface area contributed by atoms with Crippen LogP contribution in [-0.2, 0) is 6.42 Å². The third-order valence-electron chi connectivity index (χ3n) is 3.46. The molecule has 1 aromatic carbocycles. The maximum atomic E-state index is 5.29. The lowest BCUT2D eigenvalue weighted by Gasteiger charge is -2.15. The summed E-state index contributed by atoms with van der Waals surface area (Å²) in [6.45, 7) is 2.34.